The Kier molecular flexibility index (Phi) is 6.82. The average molecular weight is 408 g/mol. The lowest BCUT2D eigenvalue weighted by Crippen LogP contribution is -2.33. The Morgan fingerprint density at radius 2 is 1.75 bits per heavy atom. The van der Waals surface area contributed by atoms with Gasteiger partial charge in [0.25, 0.3) is 0 Å². The van der Waals surface area contributed by atoms with Crippen molar-refractivity contribution in [2.24, 2.45) is 0 Å². The van der Waals surface area contributed by atoms with E-state index in [9.17, 15) is 16.8 Å². The monoisotopic (exact) mass is 407 g/mol. The van der Waals surface area contributed by atoms with Crippen molar-refractivity contribution >= 4 is 42.8 Å². The molecule has 0 unspecified atom stereocenters. The third kappa shape index (κ3) is 5.03. The van der Waals surface area contributed by atoms with Crippen molar-refractivity contribution < 1.29 is 16.8 Å². The van der Waals surface area contributed by atoms with E-state index in [2.05, 4.69) is 4.72 Å². The fraction of sp³-hybridized carbons (Fsp3) is 0.333. The molecular weight excluding hydrogens is 390 g/mol. The SMILES string of the molecule is O=S(=O)(CCCCl)NC[C@@H](c1ccccc1)S(=O)(=O)c1cccs1. The highest BCUT2D eigenvalue weighted by Crippen LogP contribution is 2.31. The maximum absolute atomic E-state index is 12.9. The third-order valence-corrected chi connectivity index (χ3v) is 8.59. The summed E-state index contributed by atoms with van der Waals surface area (Å²) in [6.45, 7) is -0.213. The molecule has 0 amide bonds. The van der Waals surface area contributed by atoms with E-state index in [1.165, 1.54) is 6.07 Å². The summed E-state index contributed by atoms with van der Waals surface area (Å²) >= 11 is 6.64. The lowest BCUT2D eigenvalue weighted by molar-refractivity contribution is 0.569. The molecule has 0 fully saturated rings. The zero-order valence-electron chi connectivity index (χ0n) is 12.8. The summed E-state index contributed by atoms with van der Waals surface area (Å²) in [7, 11) is -7.26. The Balaban J connectivity index is 2.29. The summed E-state index contributed by atoms with van der Waals surface area (Å²) < 4.78 is 52.3. The molecule has 0 radical (unpaired) electrons. The number of rotatable bonds is 9. The fourth-order valence-corrected chi connectivity index (χ4v) is 6.51. The van der Waals surface area contributed by atoms with Crippen LogP contribution in [0.5, 0.6) is 0 Å². The van der Waals surface area contributed by atoms with Crippen molar-refractivity contribution in [2.45, 2.75) is 15.9 Å². The van der Waals surface area contributed by atoms with Gasteiger partial charge in [-0.3, -0.25) is 0 Å². The first kappa shape index (κ1) is 19.4. The molecule has 1 aromatic heterocycles. The summed E-state index contributed by atoms with van der Waals surface area (Å²) in [6, 6.07) is 11.8. The van der Waals surface area contributed by atoms with Crippen molar-refractivity contribution in [3.63, 3.8) is 0 Å². The average Bonchev–Trinajstić information content (AvgIpc) is 3.09. The normalized spacial score (nSPS) is 13.7. The van der Waals surface area contributed by atoms with E-state index in [1.807, 2.05) is 0 Å². The Bertz CT molecular complexity index is 834. The number of halogens is 1. The van der Waals surface area contributed by atoms with Crippen LogP contribution in [0.4, 0.5) is 0 Å². The van der Waals surface area contributed by atoms with Gasteiger partial charge >= 0.3 is 0 Å². The number of thiophene rings is 1. The van der Waals surface area contributed by atoms with Gasteiger partial charge < -0.3 is 0 Å². The van der Waals surface area contributed by atoms with Crippen LogP contribution in [-0.2, 0) is 19.9 Å². The van der Waals surface area contributed by atoms with Crippen LogP contribution in [0.3, 0.4) is 0 Å². The number of sulfonamides is 1. The number of hydrogen-bond acceptors (Lipinski definition) is 5. The Labute approximate surface area is 151 Å². The highest BCUT2D eigenvalue weighted by Gasteiger charge is 2.31. The van der Waals surface area contributed by atoms with Crippen LogP contribution in [0.1, 0.15) is 17.2 Å². The highest BCUT2D eigenvalue weighted by molar-refractivity contribution is 7.93. The minimum Gasteiger partial charge on any atom is -0.222 e. The molecule has 0 aliphatic carbocycles. The zero-order chi connectivity index (χ0) is 17.6. The van der Waals surface area contributed by atoms with Gasteiger partial charge in [0.1, 0.15) is 9.46 Å². The number of nitrogens with one attached hydrogen (secondary N) is 1. The molecule has 0 spiro atoms. The maximum Gasteiger partial charge on any atom is 0.211 e. The van der Waals surface area contributed by atoms with E-state index in [1.54, 1.807) is 41.8 Å². The standard InChI is InChI=1S/C15H18ClNO4S3/c16-9-5-11-23(18,19)17-12-14(13-6-2-1-3-7-13)24(20,21)15-8-4-10-22-15/h1-4,6-8,10,14,17H,5,9,11-12H2/t14-/m0/s1. The van der Waals surface area contributed by atoms with Crippen LogP contribution in [0.2, 0.25) is 0 Å². The second-order valence-electron chi connectivity index (χ2n) is 5.09. The predicted molar refractivity (Wildman–Crippen MR) is 97.8 cm³/mol. The minimum atomic E-state index is -3.69. The van der Waals surface area contributed by atoms with Crippen molar-refractivity contribution in [1.29, 1.82) is 0 Å². The molecule has 1 N–H and O–H groups in total. The van der Waals surface area contributed by atoms with Gasteiger partial charge in [-0.05, 0) is 23.4 Å². The molecule has 0 bridgehead atoms. The van der Waals surface area contributed by atoms with Crippen LogP contribution >= 0.6 is 22.9 Å². The second kappa shape index (κ2) is 8.44. The molecule has 0 aliphatic heterocycles. The van der Waals surface area contributed by atoms with E-state index in [0.717, 1.165) is 11.3 Å². The van der Waals surface area contributed by atoms with E-state index in [4.69, 9.17) is 11.6 Å². The molecule has 2 aromatic rings. The Morgan fingerprint density at radius 3 is 2.33 bits per heavy atom. The maximum atomic E-state index is 12.9. The topological polar surface area (TPSA) is 80.3 Å². The van der Waals surface area contributed by atoms with Crippen LogP contribution in [0.15, 0.2) is 52.1 Å². The molecule has 1 aromatic carbocycles. The molecule has 0 aliphatic rings. The second-order valence-corrected chi connectivity index (χ2v) is 10.7. The Morgan fingerprint density at radius 1 is 1.04 bits per heavy atom. The van der Waals surface area contributed by atoms with E-state index in [-0.39, 0.29) is 22.4 Å². The van der Waals surface area contributed by atoms with Gasteiger partial charge in [-0.15, -0.1) is 22.9 Å². The number of alkyl halides is 1. The fourth-order valence-electron chi connectivity index (χ4n) is 2.16. The lowest BCUT2D eigenvalue weighted by Gasteiger charge is -2.18. The molecule has 9 heteroatoms. The molecule has 5 nitrogen and oxygen atoms in total. The molecule has 2 rings (SSSR count). The summed E-state index contributed by atoms with van der Waals surface area (Å²) in [4.78, 5) is 0. The lowest BCUT2D eigenvalue weighted by atomic mass is 10.1. The van der Waals surface area contributed by atoms with E-state index < -0.39 is 25.1 Å². The highest BCUT2D eigenvalue weighted by atomic mass is 35.5. The number of sulfone groups is 1. The van der Waals surface area contributed by atoms with Crippen molar-refractivity contribution in [2.75, 3.05) is 18.2 Å². The molecule has 0 saturated carbocycles. The van der Waals surface area contributed by atoms with Gasteiger partial charge in [-0.25, -0.2) is 21.6 Å². The summed E-state index contributed by atoms with van der Waals surface area (Å²) in [5.41, 5.74) is 0.547. The quantitative estimate of drug-likeness (QED) is 0.648. The Hall–Kier alpha value is -0.930. The molecule has 132 valence electrons. The van der Waals surface area contributed by atoms with Crippen molar-refractivity contribution in [1.82, 2.24) is 4.72 Å². The third-order valence-electron chi connectivity index (χ3n) is 3.36. The summed E-state index contributed by atoms with van der Waals surface area (Å²) in [5, 5.41) is 0.697. The van der Waals surface area contributed by atoms with Gasteiger partial charge in [0, 0.05) is 12.4 Å². The number of benzene rings is 1. The molecular formula is C15H18ClNO4S3. The first-order chi connectivity index (χ1) is 11.4. The number of hydrogen-bond donors (Lipinski definition) is 1. The van der Waals surface area contributed by atoms with Crippen LogP contribution < -0.4 is 4.72 Å². The van der Waals surface area contributed by atoms with Gasteiger partial charge in [0.05, 0.1) is 5.75 Å². The van der Waals surface area contributed by atoms with Gasteiger partial charge in [0.2, 0.25) is 10.0 Å². The van der Waals surface area contributed by atoms with Crippen molar-refractivity contribution in [3.8, 4) is 0 Å². The van der Waals surface area contributed by atoms with Gasteiger partial charge in [-0.1, -0.05) is 36.4 Å². The van der Waals surface area contributed by atoms with Gasteiger partial charge in [-0.2, -0.15) is 0 Å². The smallest absolute Gasteiger partial charge is 0.211 e. The first-order valence-corrected chi connectivity index (χ1v) is 11.8. The molecule has 24 heavy (non-hydrogen) atoms. The van der Waals surface area contributed by atoms with Crippen LogP contribution in [0.25, 0.3) is 0 Å². The van der Waals surface area contributed by atoms with Gasteiger partial charge in [0.15, 0.2) is 9.84 Å². The summed E-state index contributed by atoms with van der Waals surface area (Å²) in [5.74, 6) is 0.105. The van der Waals surface area contributed by atoms with Crippen molar-refractivity contribution in [3.05, 3.63) is 53.4 Å². The first-order valence-electron chi connectivity index (χ1n) is 7.22. The zero-order valence-corrected chi connectivity index (χ0v) is 16.0. The minimum absolute atomic E-state index is 0.128. The molecule has 1 heterocycles. The van der Waals surface area contributed by atoms with Crippen LogP contribution in [-0.4, -0.2) is 35.0 Å². The van der Waals surface area contributed by atoms with Crippen LogP contribution in [0, 0.1) is 0 Å². The molecule has 0 saturated heterocycles. The summed E-state index contributed by atoms with van der Waals surface area (Å²) in [6.07, 6.45) is 0.310. The largest absolute Gasteiger partial charge is 0.222 e. The molecule has 1 atom stereocenters. The van der Waals surface area contributed by atoms with E-state index in [0.29, 0.717) is 12.0 Å². The van der Waals surface area contributed by atoms with E-state index >= 15 is 0 Å². The predicted octanol–water partition coefficient (Wildman–Crippen LogP) is 2.81.